The minimum Gasteiger partial charge on any atom is -0.497 e. The number of rotatable bonds is 6. The second-order valence-corrected chi connectivity index (χ2v) is 8.52. The Morgan fingerprint density at radius 2 is 1.81 bits per heavy atom. The lowest BCUT2D eigenvalue weighted by atomic mass is 9.61. The number of carbonyl (C=O) groups excluding carboxylic acids is 1. The smallest absolute Gasteiger partial charge is 0.330 e. The summed E-state index contributed by atoms with van der Waals surface area (Å²) < 4.78 is 16.1. The molecule has 2 aromatic rings. The highest BCUT2D eigenvalue weighted by Crippen LogP contribution is 2.52. The van der Waals surface area contributed by atoms with Gasteiger partial charge in [0.2, 0.25) is 0 Å². The van der Waals surface area contributed by atoms with Gasteiger partial charge in [0.05, 0.1) is 20.8 Å². The molecule has 2 aliphatic rings. The average Bonchev–Trinajstić information content (AvgIpc) is 2.82. The molecule has 0 heterocycles. The van der Waals surface area contributed by atoms with E-state index in [-0.39, 0.29) is 5.97 Å². The summed E-state index contributed by atoms with van der Waals surface area (Å²) in [7, 11) is 3.41. The minimum atomic E-state index is -0.328. The molecule has 0 aromatic heterocycles. The van der Waals surface area contributed by atoms with Crippen molar-refractivity contribution in [2.75, 3.05) is 20.8 Å². The highest BCUT2D eigenvalue weighted by atomic mass is 16.5. The summed E-state index contributed by atoms with van der Waals surface area (Å²) in [5.74, 6) is 3.11. The number of hydrogen-bond donors (Lipinski definition) is 0. The van der Waals surface area contributed by atoms with Crippen LogP contribution in [0.1, 0.15) is 66.7 Å². The third kappa shape index (κ3) is 4.48. The molecule has 4 heteroatoms. The van der Waals surface area contributed by atoms with Gasteiger partial charge in [0.25, 0.3) is 0 Å². The van der Waals surface area contributed by atoms with Gasteiger partial charge in [-0.1, -0.05) is 25.0 Å². The van der Waals surface area contributed by atoms with Gasteiger partial charge in [0.1, 0.15) is 11.5 Å². The van der Waals surface area contributed by atoms with Gasteiger partial charge in [-0.15, -0.1) is 0 Å². The van der Waals surface area contributed by atoms with Crippen LogP contribution < -0.4 is 9.47 Å². The van der Waals surface area contributed by atoms with Crippen LogP contribution in [0.4, 0.5) is 0 Å². The van der Waals surface area contributed by atoms with Gasteiger partial charge in [-0.3, -0.25) is 0 Å². The molecule has 0 spiro atoms. The Morgan fingerprint density at radius 3 is 2.52 bits per heavy atom. The molecule has 164 valence electrons. The SMILES string of the molecule is CCOC(=O)C=Cc1cc2c(cc1OC)[C@@H]1CCCC[C@@H]1[C@H](c1ccc(OC)cc1)C2. The lowest BCUT2D eigenvalue weighted by molar-refractivity contribution is -0.137. The van der Waals surface area contributed by atoms with Crippen LogP contribution in [0.2, 0.25) is 0 Å². The van der Waals surface area contributed by atoms with Crippen LogP contribution >= 0.6 is 0 Å². The van der Waals surface area contributed by atoms with Gasteiger partial charge in [-0.25, -0.2) is 4.79 Å². The van der Waals surface area contributed by atoms with Crippen LogP contribution in [-0.4, -0.2) is 26.8 Å². The van der Waals surface area contributed by atoms with Crippen LogP contribution in [0, 0.1) is 5.92 Å². The van der Waals surface area contributed by atoms with E-state index >= 15 is 0 Å². The number of carbonyl (C=O) groups is 1. The zero-order valence-corrected chi connectivity index (χ0v) is 18.7. The average molecular weight is 421 g/mol. The lowest BCUT2D eigenvalue weighted by Crippen LogP contribution is -2.31. The van der Waals surface area contributed by atoms with Crippen molar-refractivity contribution in [2.45, 2.75) is 50.9 Å². The number of methoxy groups -OCH3 is 2. The molecule has 4 rings (SSSR count). The van der Waals surface area contributed by atoms with Crippen LogP contribution in [0.5, 0.6) is 11.5 Å². The summed E-state index contributed by atoms with van der Waals surface area (Å²) in [4.78, 5) is 11.8. The fourth-order valence-corrected chi connectivity index (χ4v) is 5.47. The van der Waals surface area contributed by atoms with E-state index in [0.717, 1.165) is 23.5 Å². The molecule has 31 heavy (non-hydrogen) atoms. The van der Waals surface area contributed by atoms with Crippen LogP contribution in [0.3, 0.4) is 0 Å². The third-order valence-corrected chi connectivity index (χ3v) is 6.90. The maximum atomic E-state index is 11.8. The van der Waals surface area contributed by atoms with Gasteiger partial charge in [0.15, 0.2) is 0 Å². The summed E-state index contributed by atoms with van der Waals surface area (Å²) in [5.41, 5.74) is 5.12. The molecule has 0 saturated heterocycles. The molecular formula is C27H32O4. The number of ether oxygens (including phenoxy) is 3. The summed E-state index contributed by atoms with van der Waals surface area (Å²) in [5, 5.41) is 0. The third-order valence-electron chi connectivity index (χ3n) is 6.90. The largest absolute Gasteiger partial charge is 0.497 e. The molecule has 0 bridgehead atoms. The molecule has 1 fully saturated rings. The first-order chi connectivity index (χ1) is 15.1. The maximum absolute atomic E-state index is 11.8. The number of esters is 1. The lowest BCUT2D eigenvalue weighted by Gasteiger charge is -2.43. The molecule has 0 N–H and O–H groups in total. The van der Waals surface area contributed by atoms with Crippen molar-refractivity contribution in [1.29, 1.82) is 0 Å². The maximum Gasteiger partial charge on any atom is 0.330 e. The van der Waals surface area contributed by atoms with E-state index in [1.807, 2.05) is 13.0 Å². The Hall–Kier alpha value is -2.75. The predicted molar refractivity (Wildman–Crippen MR) is 123 cm³/mol. The zero-order valence-electron chi connectivity index (χ0n) is 18.7. The normalized spacial score (nSPS) is 22.5. The van der Waals surface area contributed by atoms with E-state index in [1.165, 1.54) is 48.4 Å². The summed E-state index contributed by atoms with van der Waals surface area (Å²) >= 11 is 0. The monoisotopic (exact) mass is 420 g/mol. The van der Waals surface area contributed by atoms with Gasteiger partial charge >= 0.3 is 5.97 Å². The Morgan fingerprint density at radius 1 is 1.03 bits per heavy atom. The number of hydrogen-bond acceptors (Lipinski definition) is 4. The molecule has 0 unspecified atom stereocenters. The fourth-order valence-electron chi connectivity index (χ4n) is 5.47. The van der Waals surface area contributed by atoms with Crippen molar-refractivity contribution in [1.82, 2.24) is 0 Å². The molecule has 4 nitrogen and oxygen atoms in total. The molecule has 2 aromatic carbocycles. The molecule has 2 aliphatic carbocycles. The molecule has 1 saturated carbocycles. The van der Waals surface area contributed by atoms with Crippen molar-refractivity contribution in [3.05, 3.63) is 64.7 Å². The molecule has 0 aliphatic heterocycles. The quantitative estimate of drug-likeness (QED) is 0.431. The van der Waals surface area contributed by atoms with Gasteiger partial charge in [-0.2, -0.15) is 0 Å². The van der Waals surface area contributed by atoms with Crippen LogP contribution in [-0.2, 0) is 16.0 Å². The van der Waals surface area contributed by atoms with Crippen molar-refractivity contribution in [2.24, 2.45) is 5.92 Å². The minimum absolute atomic E-state index is 0.328. The van der Waals surface area contributed by atoms with Crippen molar-refractivity contribution in [3.8, 4) is 11.5 Å². The fraction of sp³-hybridized carbons (Fsp3) is 0.444. The van der Waals surface area contributed by atoms with E-state index in [2.05, 4.69) is 36.4 Å². The Bertz CT molecular complexity index is 944. The zero-order chi connectivity index (χ0) is 21.8. The highest BCUT2D eigenvalue weighted by Gasteiger charge is 2.39. The Labute approximate surface area is 185 Å². The first-order valence-electron chi connectivity index (χ1n) is 11.3. The van der Waals surface area contributed by atoms with E-state index in [4.69, 9.17) is 14.2 Å². The van der Waals surface area contributed by atoms with E-state index < -0.39 is 0 Å². The highest BCUT2D eigenvalue weighted by molar-refractivity contribution is 5.87. The predicted octanol–water partition coefficient (Wildman–Crippen LogP) is 5.89. The number of benzene rings is 2. The summed E-state index contributed by atoms with van der Waals surface area (Å²) in [6, 6.07) is 13.0. The topological polar surface area (TPSA) is 44.8 Å². The van der Waals surface area contributed by atoms with Gasteiger partial charge in [0, 0.05) is 11.6 Å². The van der Waals surface area contributed by atoms with E-state index in [9.17, 15) is 4.79 Å². The van der Waals surface area contributed by atoms with Gasteiger partial charge in [-0.05, 0) is 91.0 Å². The first kappa shape index (κ1) is 21.5. The second-order valence-electron chi connectivity index (χ2n) is 8.52. The molecular weight excluding hydrogens is 388 g/mol. The van der Waals surface area contributed by atoms with Crippen LogP contribution in [0.15, 0.2) is 42.5 Å². The first-order valence-corrected chi connectivity index (χ1v) is 11.3. The van der Waals surface area contributed by atoms with E-state index in [0.29, 0.717) is 24.4 Å². The molecule has 3 atom stereocenters. The van der Waals surface area contributed by atoms with Crippen LogP contribution in [0.25, 0.3) is 6.08 Å². The number of fused-ring (bicyclic) bond motifs is 3. The summed E-state index contributed by atoms with van der Waals surface area (Å²) in [6.07, 6.45) is 9.39. The molecule has 0 radical (unpaired) electrons. The second kappa shape index (κ2) is 9.59. The summed E-state index contributed by atoms with van der Waals surface area (Å²) in [6.45, 7) is 2.18. The van der Waals surface area contributed by atoms with E-state index in [1.54, 1.807) is 14.2 Å². The van der Waals surface area contributed by atoms with Crippen molar-refractivity contribution < 1.29 is 19.0 Å². The molecule has 0 amide bonds. The van der Waals surface area contributed by atoms with Gasteiger partial charge < -0.3 is 14.2 Å². The Kier molecular flexibility index (Phi) is 6.64. The van der Waals surface area contributed by atoms with Crippen molar-refractivity contribution >= 4 is 12.0 Å². The van der Waals surface area contributed by atoms with Crippen molar-refractivity contribution in [3.63, 3.8) is 0 Å². The Balaban J connectivity index is 1.71. The standard InChI is InChI=1S/C27H32O4/c1-4-31-27(28)14-11-19-15-20-16-24(18-9-12-21(29-2)13-10-18)22-7-5-6-8-23(22)25(20)17-26(19)30-3/h9-15,17,22-24H,4-8,16H2,1-3H3/t22-,23+,24-/m0/s1.